The Bertz CT molecular complexity index is 1580. The number of para-hydroxylation sites is 1. The largest absolute Gasteiger partial charge is 0.503 e. The maximum absolute atomic E-state index is 14.0. The van der Waals surface area contributed by atoms with Crippen molar-refractivity contribution in [2.24, 2.45) is 0 Å². The van der Waals surface area contributed by atoms with Gasteiger partial charge in [-0.2, -0.15) is 0 Å². The molecule has 7 heteroatoms. The lowest BCUT2D eigenvalue weighted by atomic mass is 9.94. The Morgan fingerprint density at radius 2 is 1.70 bits per heavy atom. The fraction of sp³-hybridized carbons (Fsp3) is 0.273. The van der Waals surface area contributed by atoms with Gasteiger partial charge in [0, 0.05) is 29.9 Å². The molecule has 1 unspecified atom stereocenters. The van der Waals surface area contributed by atoms with Crippen molar-refractivity contribution in [1.82, 2.24) is 0 Å². The van der Waals surface area contributed by atoms with E-state index in [-0.39, 0.29) is 11.3 Å². The van der Waals surface area contributed by atoms with Gasteiger partial charge in [-0.15, -0.1) is 0 Å². The number of Topliss-reactive ketones (excluding diaryl/α,β-unsaturated/α-hetero) is 1. The Labute approximate surface area is 234 Å². The number of aliphatic hydroxyl groups excluding tert-OH is 1. The summed E-state index contributed by atoms with van der Waals surface area (Å²) in [5.74, 6) is -0.928. The van der Waals surface area contributed by atoms with Gasteiger partial charge in [-0.1, -0.05) is 50.2 Å². The topological polar surface area (TPSA) is 83.2 Å². The van der Waals surface area contributed by atoms with Crippen molar-refractivity contribution >= 4 is 34.0 Å². The Morgan fingerprint density at radius 3 is 2.30 bits per heavy atom. The van der Waals surface area contributed by atoms with Gasteiger partial charge in [-0.05, 0) is 67.3 Å². The number of hydrogen-bond donors (Lipinski definition) is 1. The number of amides is 1. The zero-order valence-corrected chi connectivity index (χ0v) is 23.5. The van der Waals surface area contributed by atoms with Crippen molar-refractivity contribution < 1.29 is 23.8 Å². The van der Waals surface area contributed by atoms with Gasteiger partial charge in [0.25, 0.3) is 5.91 Å². The van der Waals surface area contributed by atoms with Crippen LogP contribution in [0.4, 0.5) is 11.4 Å². The minimum absolute atomic E-state index is 0.0217. The summed E-state index contributed by atoms with van der Waals surface area (Å²) in [5, 5.41) is 11.9. The zero-order chi connectivity index (χ0) is 28.6. The first-order valence-electron chi connectivity index (χ1n) is 13.6. The van der Waals surface area contributed by atoms with E-state index < -0.39 is 23.5 Å². The van der Waals surface area contributed by atoms with Crippen LogP contribution in [0, 0.1) is 0 Å². The van der Waals surface area contributed by atoms with Gasteiger partial charge in [-0.25, -0.2) is 0 Å². The van der Waals surface area contributed by atoms with Gasteiger partial charge in [0.1, 0.15) is 0 Å². The number of aliphatic hydroxyl groups is 1. The summed E-state index contributed by atoms with van der Waals surface area (Å²) in [7, 11) is 1.53. The smallest absolute Gasteiger partial charge is 0.294 e. The van der Waals surface area contributed by atoms with E-state index in [0.717, 1.165) is 24.3 Å². The maximum atomic E-state index is 14.0. The molecule has 0 spiro atoms. The van der Waals surface area contributed by atoms with E-state index in [1.54, 1.807) is 12.1 Å². The fourth-order valence-electron chi connectivity index (χ4n) is 5.34. The number of fused-ring (bicyclic) bond motifs is 1. The number of ether oxygens (including phenoxy) is 1. The minimum Gasteiger partial charge on any atom is -0.503 e. The molecular formula is C33H34N2O5. The van der Waals surface area contributed by atoms with Crippen LogP contribution >= 0.6 is 0 Å². The molecule has 0 bridgehead atoms. The molecule has 40 heavy (non-hydrogen) atoms. The number of anilines is 2. The molecule has 1 N–H and O–H groups in total. The molecule has 0 radical (unpaired) electrons. The molecule has 4 aromatic rings. The lowest BCUT2D eigenvalue weighted by molar-refractivity contribution is -0.117. The van der Waals surface area contributed by atoms with Crippen LogP contribution in [0.25, 0.3) is 11.0 Å². The first kappa shape index (κ1) is 27.1. The first-order chi connectivity index (χ1) is 19.3. The van der Waals surface area contributed by atoms with Crippen LogP contribution in [0.1, 0.15) is 61.3 Å². The highest BCUT2D eigenvalue weighted by atomic mass is 16.5. The highest BCUT2D eigenvalue weighted by Crippen LogP contribution is 2.43. The Balaban J connectivity index is 1.62. The van der Waals surface area contributed by atoms with Crippen molar-refractivity contribution in [1.29, 1.82) is 0 Å². The monoisotopic (exact) mass is 538 g/mol. The molecule has 1 aliphatic rings. The minimum atomic E-state index is -0.842. The molecular weight excluding hydrogens is 504 g/mol. The van der Waals surface area contributed by atoms with Gasteiger partial charge in [-0.3, -0.25) is 14.5 Å². The molecule has 0 aliphatic carbocycles. The molecule has 1 aliphatic heterocycles. The Kier molecular flexibility index (Phi) is 7.39. The zero-order valence-electron chi connectivity index (χ0n) is 23.5. The molecule has 0 fully saturated rings. The van der Waals surface area contributed by atoms with E-state index >= 15 is 0 Å². The third-order valence-corrected chi connectivity index (χ3v) is 7.58. The average molecular weight is 539 g/mol. The van der Waals surface area contributed by atoms with Crippen molar-refractivity contribution in [2.75, 3.05) is 30.0 Å². The molecule has 0 saturated heterocycles. The number of hydrogen-bond acceptors (Lipinski definition) is 6. The van der Waals surface area contributed by atoms with Gasteiger partial charge < -0.3 is 19.2 Å². The molecule has 1 atom stereocenters. The number of nitrogens with zero attached hydrogens (tertiary/aromatic N) is 2. The molecule has 3 aromatic carbocycles. The number of ketones is 1. The molecule has 0 saturated carbocycles. The summed E-state index contributed by atoms with van der Waals surface area (Å²) in [6.45, 7) is 10.1. The second-order valence-electron chi connectivity index (χ2n) is 10.2. The standard InChI is InChI=1S/C33H34N2O5/c1-6-34(7-2)24-15-13-22(14-16-24)29-28(30(36)27-19-23-9-8-10-26(39-5)32(23)40-27)31(37)33(38)35(29)25-17-11-21(12-18-25)20(3)4/h8-20,29,37H,6-7H2,1-5H3. The average Bonchev–Trinajstić information content (AvgIpc) is 3.53. The maximum Gasteiger partial charge on any atom is 0.294 e. The fourth-order valence-corrected chi connectivity index (χ4v) is 5.34. The van der Waals surface area contributed by atoms with Crippen LogP contribution in [0.2, 0.25) is 0 Å². The van der Waals surface area contributed by atoms with Gasteiger partial charge in [0.15, 0.2) is 22.9 Å². The quantitative estimate of drug-likeness (QED) is 0.227. The van der Waals surface area contributed by atoms with E-state index in [2.05, 4.69) is 32.6 Å². The second-order valence-corrected chi connectivity index (χ2v) is 10.2. The number of benzene rings is 3. The van der Waals surface area contributed by atoms with E-state index in [0.29, 0.717) is 33.9 Å². The Hall–Kier alpha value is -4.52. The van der Waals surface area contributed by atoms with Crippen molar-refractivity contribution in [2.45, 2.75) is 39.7 Å². The van der Waals surface area contributed by atoms with Crippen molar-refractivity contribution in [3.05, 3.63) is 101 Å². The van der Waals surface area contributed by atoms with E-state index in [1.807, 2.05) is 60.7 Å². The van der Waals surface area contributed by atoms with Crippen LogP contribution in [0.5, 0.6) is 5.75 Å². The molecule has 5 rings (SSSR count). The lowest BCUT2D eigenvalue weighted by Gasteiger charge is -2.28. The number of furan rings is 1. The first-order valence-corrected chi connectivity index (χ1v) is 13.6. The summed E-state index contributed by atoms with van der Waals surface area (Å²) in [6.07, 6.45) is 0. The third kappa shape index (κ3) is 4.62. The second kappa shape index (κ2) is 10.9. The summed E-state index contributed by atoms with van der Waals surface area (Å²) >= 11 is 0. The SMILES string of the molecule is CCN(CC)c1ccc(C2C(C(=O)c3cc4cccc(OC)c4o3)=C(O)C(=O)N2c2ccc(C(C)C)cc2)cc1. The highest BCUT2D eigenvalue weighted by molar-refractivity contribution is 6.20. The lowest BCUT2D eigenvalue weighted by Crippen LogP contribution is -2.31. The van der Waals surface area contributed by atoms with Crippen molar-refractivity contribution in [3.63, 3.8) is 0 Å². The van der Waals surface area contributed by atoms with Crippen LogP contribution in [-0.2, 0) is 4.79 Å². The molecule has 1 aromatic heterocycles. The number of carbonyl (C=O) groups excluding carboxylic acids is 2. The van der Waals surface area contributed by atoms with Gasteiger partial charge >= 0.3 is 0 Å². The summed E-state index contributed by atoms with van der Waals surface area (Å²) in [5.41, 5.74) is 3.87. The van der Waals surface area contributed by atoms with E-state index in [4.69, 9.17) is 9.15 Å². The number of carbonyl (C=O) groups is 2. The Morgan fingerprint density at radius 1 is 1.02 bits per heavy atom. The summed E-state index contributed by atoms with van der Waals surface area (Å²) in [4.78, 5) is 31.3. The summed E-state index contributed by atoms with van der Waals surface area (Å²) < 4.78 is 11.3. The van der Waals surface area contributed by atoms with E-state index in [9.17, 15) is 14.7 Å². The number of methoxy groups -OCH3 is 1. The van der Waals surface area contributed by atoms with Crippen LogP contribution < -0.4 is 14.5 Å². The third-order valence-electron chi connectivity index (χ3n) is 7.58. The predicted octanol–water partition coefficient (Wildman–Crippen LogP) is 7.19. The normalized spacial score (nSPS) is 15.4. The predicted molar refractivity (Wildman–Crippen MR) is 158 cm³/mol. The van der Waals surface area contributed by atoms with Crippen LogP contribution in [0.3, 0.4) is 0 Å². The van der Waals surface area contributed by atoms with Crippen LogP contribution in [0.15, 0.2) is 88.5 Å². The van der Waals surface area contributed by atoms with Gasteiger partial charge in [0.05, 0.1) is 18.7 Å². The van der Waals surface area contributed by atoms with Gasteiger partial charge in [0.2, 0.25) is 5.78 Å². The molecule has 2 heterocycles. The summed E-state index contributed by atoms with van der Waals surface area (Å²) in [6, 6.07) is 21.6. The number of rotatable bonds is 9. The molecule has 1 amide bonds. The molecule has 206 valence electrons. The van der Waals surface area contributed by atoms with Crippen LogP contribution in [-0.4, -0.2) is 37.0 Å². The van der Waals surface area contributed by atoms with E-state index in [1.165, 1.54) is 12.0 Å². The molecule has 7 nitrogen and oxygen atoms in total. The highest BCUT2D eigenvalue weighted by Gasteiger charge is 2.45. The van der Waals surface area contributed by atoms with Crippen molar-refractivity contribution in [3.8, 4) is 5.75 Å².